The van der Waals surface area contributed by atoms with E-state index in [0.29, 0.717) is 10.1 Å². The summed E-state index contributed by atoms with van der Waals surface area (Å²) in [4.78, 5) is 36.9. The van der Waals surface area contributed by atoms with Crippen molar-refractivity contribution in [3.8, 4) is 0 Å². The average Bonchev–Trinajstić information content (AvgIpc) is 3.03. The van der Waals surface area contributed by atoms with Crippen LogP contribution in [0.15, 0.2) is 12.1 Å². The van der Waals surface area contributed by atoms with E-state index in [9.17, 15) is 19.5 Å². The molecule has 0 radical (unpaired) electrons. The number of hydrogen-bond donors (Lipinski definition) is 2. The smallest absolute Gasteiger partial charge is 0.327 e. The monoisotopic (exact) mass is 362 g/mol. The lowest BCUT2D eigenvalue weighted by Gasteiger charge is -2.26. The molecule has 22 heavy (non-hydrogen) atoms. The quantitative estimate of drug-likeness (QED) is 0.836. The topological polar surface area (TPSA) is 86.7 Å². The molecule has 1 aliphatic heterocycles. The van der Waals surface area contributed by atoms with Crippen LogP contribution in [0.1, 0.15) is 23.6 Å². The molecular formula is C13H15ClN2O4S2. The first kappa shape index (κ1) is 17.1. The fourth-order valence-electron chi connectivity index (χ4n) is 2.16. The third kappa shape index (κ3) is 3.93. The van der Waals surface area contributed by atoms with Gasteiger partial charge < -0.3 is 15.3 Å². The van der Waals surface area contributed by atoms with Gasteiger partial charge in [0.25, 0.3) is 0 Å². The number of nitrogens with one attached hydrogen (secondary N) is 1. The summed E-state index contributed by atoms with van der Waals surface area (Å²) in [7, 11) is 0. The van der Waals surface area contributed by atoms with E-state index in [0.717, 1.165) is 4.88 Å². The van der Waals surface area contributed by atoms with Crippen LogP contribution in [0.3, 0.4) is 0 Å². The van der Waals surface area contributed by atoms with E-state index in [1.54, 1.807) is 6.07 Å². The number of hydrogen-bond acceptors (Lipinski definition) is 5. The predicted molar refractivity (Wildman–Crippen MR) is 86.1 cm³/mol. The first-order valence-corrected chi connectivity index (χ1v) is 8.79. The van der Waals surface area contributed by atoms with Gasteiger partial charge in [0.2, 0.25) is 11.8 Å². The zero-order chi connectivity index (χ0) is 16.3. The highest BCUT2D eigenvalue weighted by Crippen LogP contribution is 2.44. The summed E-state index contributed by atoms with van der Waals surface area (Å²) in [6.07, 6.45) is 0.0690. The van der Waals surface area contributed by atoms with Crippen LogP contribution in [0.25, 0.3) is 0 Å². The number of carbonyl (C=O) groups is 3. The number of thioether (sulfide) groups is 1. The van der Waals surface area contributed by atoms with E-state index in [4.69, 9.17) is 11.6 Å². The second kappa shape index (κ2) is 7.34. The Kier molecular flexibility index (Phi) is 5.71. The second-order valence-corrected chi connectivity index (χ2v) is 7.58. The van der Waals surface area contributed by atoms with Crippen molar-refractivity contribution in [2.45, 2.75) is 24.8 Å². The summed E-state index contributed by atoms with van der Waals surface area (Å²) >= 11 is 8.67. The van der Waals surface area contributed by atoms with Crippen molar-refractivity contribution >= 4 is 52.5 Å². The molecule has 2 unspecified atom stereocenters. The third-order valence-corrected chi connectivity index (χ3v) is 5.86. The van der Waals surface area contributed by atoms with Crippen molar-refractivity contribution in [3.05, 3.63) is 21.3 Å². The van der Waals surface area contributed by atoms with Gasteiger partial charge in [0.1, 0.15) is 11.4 Å². The molecule has 0 aliphatic carbocycles. The third-order valence-electron chi connectivity index (χ3n) is 3.12. The van der Waals surface area contributed by atoms with Gasteiger partial charge in [-0.1, -0.05) is 11.6 Å². The zero-order valence-electron chi connectivity index (χ0n) is 11.7. The zero-order valence-corrected chi connectivity index (χ0v) is 14.1. The van der Waals surface area contributed by atoms with Gasteiger partial charge in [0.15, 0.2) is 0 Å². The predicted octanol–water partition coefficient (Wildman–Crippen LogP) is 1.95. The molecule has 0 bridgehead atoms. The molecule has 1 saturated heterocycles. The van der Waals surface area contributed by atoms with Crippen LogP contribution in [0.5, 0.6) is 0 Å². The molecule has 2 rings (SSSR count). The Labute approximate surface area is 140 Å². The van der Waals surface area contributed by atoms with Crippen molar-refractivity contribution in [1.82, 2.24) is 10.2 Å². The second-order valence-electron chi connectivity index (χ2n) is 4.72. The fourth-order valence-corrected chi connectivity index (χ4v) is 4.88. The molecule has 120 valence electrons. The number of nitrogens with zero attached hydrogens (tertiary/aromatic N) is 1. The Morgan fingerprint density at radius 3 is 2.73 bits per heavy atom. The van der Waals surface area contributed by atoms with E-state index in [2.05, 4.69) is 5.32 Å². The maximum atomic E-state index is 12.4. The lowest BCUT2D eigenvalue weighted by Crippen LogP contribution is -2.43. The molecule has 1 fully saturated rings. The molecule has 2 heterocycles. The molecule has 1 aromatic heterocycles. The minimum Gasteiger partial charge on any atom is -0.480 e. The van der Waals surface area contributed by atoms with Crippen molar-refractivity contribution in [2.75, 3.05) is 12.3 Å². The highest BCUT2D eigenvalue weighted by Gasteiger charge is 2.42. The largest absolute Gasteiger partial charge is 0.480 e. The summed E-state index contributed by atoms with van der Waals surface area (Å²) in [6, 6.07) is 2.68. The molecule has 0 saturated carbocycles. The fraction of sp³-hybridized carbons (Fsp3) is 0.462. The van der Waals surface area contributed by atoms with Crippen molar-refractivity contribution in [1.29, 1.82) is 0 Å². The molecule has 1 aliphatic rings. The van der Waals surface area contributed by atoms with Crippen LogP contribution in [0.4, 0.5) is 0 Å². The Balaban J connectivity index is 2.14. The van der Waals surface area contributed by atoms with Gasteiger partial charge in [-0.2, -0.15) is 0 Å². The number of carboxylic acid groups (broad SMARTS) is 1. The average molecular weight is 363 g/mol. The highest BCUT2D eigenvalue weighted by atomic mass is 35.5. The maximum absolute atomic E-state index is 12.4. The van der Waals surface area contributed by atoms with Crippen molar-refractivity contribution in [2.24, 2.45) is 0 Å². The van der Waals surface area contributed by atoms with Gasteiger partial charge in [0, 0.05) is 30.5 Å². The molecular weight excluding hydrogens is 348 g/mol. The van der Waals surface area contributed by atoms with E-state index in [1.165, 1.54) is 34.9 Å². The van der Waals surface area contributed by atoms with Gasteiger partial charge in [-0.25, -0.2) is 4.79 Å². The molecule has 6 nitrogen and oxygen atoms in total. The summed E-state index contributed by atoms with van der Waals surface area (Å²) < 4.78 is 0.597. The van der Waals surface area contributed by atoms with Crippen LogP contribution in [-0.2, 0) is 14.4 Å². The standard InChI is InChI=1S/C13H15ClN2O4S2/c1-7(17)15-5-4-11(18)16-8(13(19)20)6-21-12(16)9-2-3-10(14)22-9/h2-3,8,12H,4-6H2,1H3,(H,15,17)(H,19,20). The molecule has 9 heteroatoms. The summed E-state index contributed by atoms with van der Waals surface area (Å²) in [5.74, 6) is -1.20. The van der Waals surface area contributed by atoms with E-state index < -0.39 is 12.0 Å². The van der Waals surface area contributed by atoms with Gasteiger partial charge in [-0.05, 0) is 12.1 Å². The first-order chi connectivity index (χ1) is 10.4. The van der Waals surface area contributed by atoms with Crippen LogP contribution < -0.4 is 5.32 Å². The maximum Gasteiger partial charge on any atom is 0.327 e. The number of carboxylic acids is 1. The number of amides is 2. The Bertz CT molecular complexity index is 592. The van der Waals surface area contributed by atoms with Crippen LogP contribution in [0, 0.1) is 0 Å². The summed E-state index contributed by atoms with van der Waals surface area (Å²) in [5.41, 5.74) is 0. The number of rotatable bonds is 5. The van der Waals surface area contributed by atoms with E-state index in [1.807, 2.05) is 6.07 Å². The van der Waals surface area contributed by atoms with Gasteiger partial charge in [0.05, 0.1) is 4.34 Å². The molecule has 1 aromatic rings. The van der Waals surface area contributed by atoms with Crippen molar-refractivity contribution < 1.29 is 19.5 Å². The molecule has 0 aromatic carbocycles. The SMILES string of the molecule is CC(=O)NCCC(=O)N1C(C(=O)O)CSC1c1ccc(Cl)s1. The lowest BCUT2D eigenvalue weighted by molar-refractivity contribution is -0.149. The normalized spacial score (nSPS) is 20.9. The Morgan fingerprint density at radius 2 is 2.18 bits per heavy atom. The minimum absolute atomic E-state index is 0.0690. The lowest BCUT2D eigenvalue weighted by atomic mass is 10.2. The van der Waals surface area contributed by atoms with Crippen LogP contribution in [-0.4, -0.2) is 46.1 Å². The van der Waals surface area contributed by atoms with Gasteiger partial charge in [-0.15, -0.1) is 23.1 Å². The molecule has 2 amide bonds. The van der Waals surface area contributed by atoms with Crippen LogP contribution >= 0.6 is 34.7 Å². The van der Waals surface area contributed by atoms with Crippen molar-refractivity contribution in [3.63, 3.8) is 0 Å². The van der Waals surface area contributed by atoms with Crippen LogP contribution in [0.2, 0.25) is 4.34 Å². The Hall–Kier alpha value is -1.25. The molecule has 2 N–H and O–H groups in total. The van der Waals surface area contributed by atoms with Gasteiger partial charge in [-0.3, -0.25) is 9.59 Å². The van der Waals surface area contributed by atoms with Gasteiger partial charge >= 0.3 is 5.97 Å². The summed E-state index contributed by atoms with van der Waals surface area (Å²) in [6.45, 7) is 1.56. The molecule has 0 spiro atoms. The van der Waals surface area contributed by atoms with E-state index in [-0.39, 0.29) is 30.2 Å². The summed E-state index contributed by atoms with van der Waals surface area (Å²) in [5, 5.41) is 11.5. The minimum atomic E-state index is -1.02. The number of aliphatic carboxylic acids is 1. The number of halogens is 1. The number of thiophene rings is 1. The highest BCUT2D eigenvalue weighted by molar-refractivity contribution is 7.99. The first-order valence-electron chi connectivity index (χ1n) is 6.55. The Morgan fingerprint density at radius 1 is 1.45 bits per heavy atom. The van der Waals surface area contributed by atoms with E-state index >= 15 is 0 Å². The molecule has 2 atom stereocenters. The number of carbonyl (C=O) groups excluding carboxylic acids is 2.